The van der Waals surface area contributed by atoms with Crippen LogP contribution in [0.25, 0.3) is 0 Å². The fourth-order valence-electron chi connectivity index (χ4n) is 2.93. The van der Waals surface area contributed by atoms with Gasteiger partial charge in [0.2, 0.25) is 0 Å². The minimum absolute atomic E-state index is 0.422. The highest BCUT2D eigenvalue weighted by molar-refractivity contribution is 5.52. The molecule has 0 spiro atoms. The number of para-hydroxylation sites is 1. The number of benzene rings is 1. The van der Waals surface area contributed by atoms with Crippen LogP contribution in [0.5, 0.6) is 0 Å². The van der Waals surface area contributed by atoms with Crippen molar-refractivity contribution in [1.29, 1.82) is 0 Å². The molecule has 3 N–H and O–H groups in total. The van der Waals surface area contributed by atoms with Gasteiger partial charge in [0.1, 0.15) is 0 Å². The van der Waals surface area contributed by atoms with Crippen molar-refractivity contribution in [2.45, 2.75) is 51.5 Å². The normalized spacial score (nSPS) is 24.2. The van der Waals surface area contributed by atoms with Crippen LogP contribution in [0, 0.1) is 5.92 Å². The van der Waals surface area contributed by atoms with Crippen LogP contribution in [0.3, 0.4) is 0 Å². The summed E-state index contributed by atoms with van der Waals surface area (Å²) in [7, 11) is 0. The second kappa shape index (κ2) is 6.24. The van der Waals surface area contributed by atoms with E-state index < -0.39 is 0 Å². The lowest BCUT2D eigenvalue weighted by Gasteiger charge is -2.27. The highest BCUT2D eigenvalue weighted by Crippen LogP contribution is 2.26. The van der Waals surface area contributed by atoms with Crippen LogP contribution >= 0.6 is 0 Å². The van der Waals surface area contributed by atoms with Crippen molar-refractivity contribution in [3.63, 3.8) is 0 Å². The van der Waals surface area contributed by atoms with E-state index in [4.69, 9.17) is 5.73 Å². The molecule has 2 heteroatoms. The second-order valence-corrected chi connectivity index (χ2v) is 5.92. The molecule has 1 aromatic rings. The van der Waals surface area contributed by atoms with E-state index in [2.05, 4.69) is 43.4 Å². The third-order valence-corrected chi connectivity index (χ3v) is 3.99. The van der Waals surface area contributed by atoms with Crippen molar-refractivity contribution in [2.24, 2.45) is 11.7 Å². The predicted molar refractivity (Wildman–Crippen MR) is 79.0 cm³/mol. The zero-order valence-corrected chi connectivity index (χ0v) is 11.7. The summed E-state index contributed by atoms with van der Waals surface area (Å²) in [5.41, 5.74) is 8.76. The third-order valence-electron chi connectivity index (χ3n) is 3.99. The Morgan fingerprint density at radius 2 is 2.06 bits per heavy atom. The maximum absolute atomic E-state index is 6.04. The number of nitrogens with one attached hydrogen (secondary N) is 1. The van der Waals surface area contributed by atoms with E-state index in [1.807, 2.05) is 0 Å². The fraction of sp³-hybridized carbons (Fsp3) is 0.625. The predicted octanol–water partition coefficient (Wildman–Crippen LogP) is 3.74. The number of nitrogens with two attached hydrogens (primary N) is 1. The summed E-state index contributed by atoms with van der Waals surface area (Å²) in [4.78, 5) is 0. The monoisotopic (exact) mass is 246 g/mol. The van der Waals surface area contributed by atoms with Gasteiger partial charge in [-0.3, -0.25) is 0 Å². The Bertz CT molecular complexity index is 373. The molecule has 1 aliphatic carbocycles. The maximum Gasteiger partial charge on any atom is 0.0375 e. The van der Waals surface area contributed by atoms with Crippen molar-refractivity contribution in [3.8, 4) is 0 Å². The first-order chi connectivity index (χ1) is 8.66. The molecule has 1 aromatic carbocycles. The number of hydrogen-bond acceptors (Lipinski definition) is 2. The van der Waals surface area contributed by atoms with Crippen LogP contribution < -0.4 is 11.1 Å². The quantitative estimate of drug-likeness (QED) is 0.849. The Hall–Kier alpha value is -1.02. The molecular formula is C16H26N2. The third kappa shape index (κ3) is 3.49. The fourth-order valence-corrected chi connectivity index (χ4v) is 2.93. The second-order valence-electron chi connectivity index (χ2n) is 5.92. The summed E-state index contributed by atoms with van der Waals surface area (Å²) >= 11 is 0. The van der Waals surface area contributed by atoms with Crippen LogP contribution in [0.2, 0.25) is 0 Å². The van der Waals surface area contributed by atoms with Crippen LogP contribution in [0.1, 0.15) is 51.0 Å². The Kier molecular flexibility index (Phi) is 4.65. The zero-order chi connectivity index (χ0) is 13.0. The number of rotatable bonds is 4. The van der Waals surface area contributed by atoms with Crippen LogP contribution in [-0.4, -0.2) is 12.6 Å². The van der Waals surface area contributed by atoms with Crippen LogP contribution in [0.15, 0.2) is 24.3 Å². The summed E-state index contributed by atoms with van der Waals surface area (Å²) < 4.78 is 0. The Labute approximate surface area is 111 Å². The molecule has 100 valence electrons. The molecule has 0 amide bonds. The van der Waals surface area contributed by atoms with E-state index in [1.54, 1.807) is 0 Å². The lowest BCUT2D eigenvalue weighted by atomic mass is 9.86. The minimum Gasteiger partial charge on any atom is -0.385 e. The van der Waals surface area contributed by atoms with Gasteiger partial charge in [-0.15, -0.1) is 0 Å². The molecule has 1 saturated carbocycles. The minimum atomic E-state index is 0.422. The van der Waals surface area contributed by atoms with Crippen molar-refractivity contribution in [1.82, 2.24) is 0 Å². The summed E-state index contributed by atoms with van der Waals surface area (Å²) in [5.74, 6) is 1.32. The molecule has 0 aromatic heterocycles. The molecule has 0 heterocycles. The standard InChI is InChI=1S/C16H26N2/c1-12(2)15-8-3-4-9-16(15)18-11-13-6-5-7-14(17)10-13/h3-4,8-9,12-14,18H,5-7,10-11,17H2,1-2H3. The SMILES string of the molecule is CC(C)c1ccccc1NCC1CCCC(N)C1. The van der Waals surface area contributed by atoms with Crippen molar-refractivity contribution in [3.05, 3.63) is 29.8 Å². The van der Waals surface area contributed by atoms with Gasteiger partial charge in [-0.2, -0.15) is 0 Å². The van der Waals surface area contributed by atoms with Gasteiger partial charge in [0.05, 0.1) is 0 Å². The molecule has 2 atom stereocenters. The van der Waals surface area contributed by atoms with Gasteiger partial charge in [0.25, 0.3) is 0 Å². The molecule has 0 bridgehead atoms. The van der Waals surface area contributed by atoms with Gasteiger partial charge in [-0.1, -0.05) is 38.5 Å². The van der Waals surface area contributed by atoms with Gasteiger partial charge < -0.3 is 11.1 Å². The molecule has 1 aliphatic rings. The summed E-state index contributed by atoms with van der Waals surface area (Å²) in [6.07, 6.45) is 5.00. The van der Waals surface area contributed by atoms with E-state index in [-0.39, 0.29) is 0 Å². The van der Waals surface area contributed by atoms with Crippen LogP contribution in [-0.2, 0) is 0 Å². The van der Waals surface area contributed by atoms with Gasteiger partial charge in [-0.25, -0.2) is 0 Å². The first-order valence-electron chi connectivity index (χ1n) is 7.25. The van der Waals surface area contributed by atoms with E-state index in [0.717, 1.165) is 12.5 Å². The van der Waals surface area contributed by atoms with Gasteiger partial charge in [0.15, 0.2) is 0 Å². The first-order valence-corrected chi connectivity index (χ1v) is 7.25. The molecule has 2 unspecified atom stereocenters. The largest absolute Gasteiger partial charge is 0.385 e. The summed E-state index contributed by atoms with van der Waals surface area (Å²) in [5, 5.41) is 3.63. The lowest BCUT2D eigenvalue weighted by Crippen LogP contribution is -2.31. The molecule has 2 nitrogen and oxygen atoms in total. The Morgan fingerprint density at radius 1 is 1.28 bits per heavy atom. The number of hydrogen-bond donors (Lipinski definition) is 2. The van der Waals surface area contributed by atoms with Gasteiger partial charge in [-0.05, 0) is 42.7 Å². The van der Waals surface area contributed by atoms with Gasteiger partial charge >= 0.3 is 0 Å². The summed E-state index contributed by atoms with van der Waals surface area (Å²) in [6, 6.07) is 9.07. The molecule has 18 heavy (non-hydrogen) atoms. The summed E-state index contributed by atoms with van der Waals surface area (Å²) in [6.45, 7) is 5.56. The van der Waals surface area contributed by atoms with E-state index >= 15 is 0 Å². The van der Waals surface area contributed by atoms with Crippen molar-refractivity contribution in [2.75, 3.05) is 11.9 Å². The molecule has 2 rings (SSSR count). The smallest absolute Gasteiger partial charge is 0.0375 e. The molecular weight excluding hydrogens is 220 g/mol. The molecule has 0 saturated heterocycles. The number of anilines is 1. The first kappa shape index (κ1) is 13.4. The lowest BCUT2D eigenvalue weighted by molar-refractivity contribution is 0.335. The Morgan fingerprint density at radius 3 is 2.78 bits per heavy atom. The van der Waals surface area contributed by atoms with E-state index in [0.29, 0.717) is 12.0 Å². The van der Waals surface area contributed by atoms with Crippen molar-refractivity contribution >= 4 is 5.69 Å². The average molecular weight is 246 g/mol. The zero-order valence-electron chi connectivity index (χ0n) is 11.7. The van der Waals surface area contributed by atoms with Crippen LogP contribution in [0.4, 0.5) is 5.69 Å². The topological polar surface area (TPSA) is 38.0 Å². The highest BCUT2D eigenvalue weighted by Gasteiger charge is 2.19. The molecule has 0 aliphatic heterocycles. The van der Waals surface area contributed by atoms with E-state index in [9.17, 15) is 0 Å². The van der Waals surface area contributed by atoms with E-state index in [1.165, 1.54) is 36.9 Å². The highest BCUT2D eigenvalue weighted by atomic mass is 14.9. The molecule has 0 radical (unpaired) electrons. The van der Waals surface area contributed by atoms with Crippen molar-refractivity contribution < 1.29 is 0 Å². The van der Waals surface area contributed by atoms with Gasteiger partial charge in [0, 0.05) is 18.3 Å². The average Bonchev–Trinajstić information content (AvgIpc) is 2.37. The molecule has 1 fully saturated rings. The maximum atomic E-state index is 6.04. The Balaban J connectivity index is 1.93.